The number of hydrogen-bond donors (Lipinski definition) is 1. The van der Waals surface area contributed by atoms with Gasteiger partial charge in [-0.25, -0.2) is 0 Å². The lowest BCUT2D eigenvalue weighted by Gasteiger charge is -2.35. The number of thiophene rings is 1. The zero-order chi connectivity index (χ0) is 10.2. The van der Waals surface area contributed by atoms with Gasteiger partial charge >= 0.3 is 0 Å². The lowest BCUT2D eigenvalue weighted by Crippen LogP contribution is -2.37. The summed E-state index contributed by atoms with van der Waals surface area (Å²) in [6.07, 6.45) is 1.59. The van der Waals surface area contributed by atoms with Crippen LogP contribution < -0.4 is 0 Å². The molecule has 3 heteroatoms. The number of ether oxygens (including phenoxy) is 1. The topological polar surface area (TPSA) is 29.5 Å². The van der Waals surface area contributed by atoms with E-state index in [1.807, 2.05) is 6.92 Å². The van der Waals surface area contributed by atoms with E-state index in [2.05, 4.69) is 18.4 Å². The zero-order valence-electron chi connectivity index (χ0n) is 8.62. The molecular weight excluding hydrogens is 196 g/mol. The van der Waals surface area contributed by atoms with Crippen LogP contribution in [0.5, 0.6) is 0 Å². The molecule has 78 valence electrons. The smallest absolute Gasteiger partial charge is 0.0951 e. The van der Waals surface area contributed by atoms with Crippen molar-refractivity contribution in [3.8, 4) is 0 Å². The van der Waals surface area contributed by atoms with Crippen molar-refractivity contribution in [2.75, 3.05) is 6.61 Å². The van der Waals surface area contributed by atoms with Crippen molar-refractivity contribution < 1.29 is 9.84 Å². The van der Waals surface area contributed by atoms with Crippen LogP contribution in [-0.4, -0.2) is 17.8 Å². The van der Waals surface area contributed by atoms with E-state index in [1.54, 1.807) is 11.3 Å². The van der Waals surface area contributed by atoms with Crippen molar-refractivity contribution in [1.82, 2.24) is 0 Å². The quantitative estimate of drug-likeness (QED) is 0.774. The summed E-state index contributed by atoms with van der Waals surface area (Å²) in [4.78, 5) is 1.26. The highest BCUT2D eigenvalue weighted by molar-refractivity contribution is 7.10. The molecule has 1 saturated heterocycles. The lowest BCUT2D eigenvalue weighted by molar-refractivity contribution is -0.101. The van der Waals surface area contributed by atoms with Crippen LogP contribution in [0.4, 0.5) is 0 Å². The van der Waals surface area contributed by atoms with Gasteiger partial charge in [-0.2, -0.15) is 0 Å². The predicted molar refractivity (Wildman–Crippen MR) is 57.6 cm³/mol. The maximum Gasteiger partial charge on any atom is 0.0951 e. The van der Waals surface area contributed by atoms with Crippen molar-refractivity contribution in [2.24, 2.45) is 0 Å². The SMILES string of the molecule is Cc1cc(C2(O)CCOC(C)C2)cs1. The molecule has 14 heavy (non-hydrogen) atoms. The van der Waals surface area contributed by atoms with Crippen LogP contribution in [0.1, 0.15) is 30.2 Å². The van der Waals surface area contributed by atoms with Gasteiger partial charge in [-0.05, 0) is 30.9 Å². The summed E-state index contributed by atoms with van der Waals surface area (Å²) < 4.78 is 5.44. The Morgan fingerprint density at radius 3 is 3.00 bits per heavy atom. The summed E-state index contributed by atoms with van der Waals surface area (Å²) in [5.41, 5.74) is 0.415. The molecule has 1 aliphatic heterocycles. The fourth-order valence-corrected chi connectivity index (χ4v) is 2.81. The van der Waals surface area contributed by atoms with E-state index >= 15 is 0 Å². The molecule has 2 unspecified atom stereocenters. The Morgan fingerprint density at radius 1 is 1.64 bits per heavy atom. The highest BCUT2D eigenvalue weighted by Crippen LogP contribution is 2.36. The average molecular weight is 212 g/mol. The van der Waals surface area contributed by atoms with E-state index in [-0.39, 0.29) is 6.10 Å². The van der Waals surface area contributed by atoms with Gasteiger partial charge in [0.1, 0.15) is 0 Å². The Labute approximate surface area is 88.5 Å². The van der Waals surface area contributed by atoms with Crippen LogP contribution in [0, 0.1) is 6.92 Å². The predicted octanol–water partition coefficient (Wildman–Crippen LogP) is 2.44. The van der Waals surface area contributed by atoms with Crippen LogP contribution in [0.15, 0.2) is 11.4 Å². The van der Waals surface area contributed by atoms with Crippen LogP contribution >= 0.6 is 11.3 Å². The molecule has 1 fully saturated rings. The largest absolute Gasteiger partial charge is 0.385 e. The molecule has 1 aromatic heterocycles. The highest BCUT2D eigenvalue weighted by Gasteiger charge is 2.35. The molecule has 0 radical (unpaired) electrons. The Bertz CT molecular complexity index is 321. The molecule has 0 spiro atoms. The van der Waals surface area contributed by atoms with E-state index in [1.165, 1.54) is 4.88 Å². The average Bonchev–Trinajstić information content (AvgIpc) is 2.52. The fraction of sp³-hybridized carbons (Fsp3) is 0.636. The van der Waals surface area contributed by atoms with Gasteiger partial charge in [0.25, 0.3) is 0 Å². The van der Waals surface area contributed by atoms with Crippen LogP contribution in [0.3, 0.4) is 0 Å². The first-order valence-corrected chi connectivity index (χ1v) is 5.88. The minimum absolute atomic E-state index is 0.161. The first kappa shape index (κ1) is 10.1. The molecule has 0 aliphatic carbocycles. The minimum Gasteiger partial charge on any atom is -0.385 e. The molecule has 0 aromatic carbocycles. The van der Waals surface area contributed by atoms with E-state index in [0.29, 0.717) is 19.4 Å². The third-order valence-corrected chi connectivity index (χ3v) is 3.67. The third-order valence-electron chi connectivity index (χ3n) is 2.81. The molecule has 0 saturated carbocycles. The second-order valence-corrected chi connectivity index (χ2v) is 5.23. The first-order valence-electron chi connectivity index (χ1n) is 5.00. The van der Waals surface area contributed by atoms with E-state index < -0.39 is 5.60 Å². The summed E-state index contributed by atoms with van der Waals surface area (Å²) >= 11 is 1.70. The normalized spacial score (nSPS) is 33.2. The molecule has 1 N–H and O–H groups in total. The Balaban J connectivity index is 2.22. The maximum absolute atomic E-state index is 10.5. The number of aliphatic hydroxyl groups is 1. The van der Waals surface area contributed by atoms with E-state index in [4.69, 9.17) is 4.74 Å². The lowest BCUT2D eigenvalue weighted by atomic mass is 9.85. The van der Waals surface area contributed by atoms with Crippen molar-refractivity contribution in [1.29, 1.82) is 0 Å². The monoisotopic (exact) mass is 212 g/mol. The van der Waals surface area contributed by atoms with Crippen LogP contribution in [-0.2, 0) is 10.3 Å². The highest BCUT2D eigenvalue weighted by atomic mass is 32.1. The minimum atomic E-state index is -0.650. The van der Waals surface area contributed by atoms with Crippen LogP contribution in [0.2, 0.25) is 0 Å². The molecule has 2 heterocycles. The molecule has 1 aliphatic rings. The van der Waals surface area contributed by atoms with Crippen LogP contribution in [0.25, 0.3) is 0 Å². The Hall–Kier alpha value is -0.380. The molecule has 2 atom stereocenters. The molecule has 1 aromatic rings. The van der Waals surface area contributed by atoms with Gasteiger partial charge in [-0.15, -0.1) is 11.3 Å². The summed E-state index contributed by atoms with van der Waals surface area (Å²) in [6, 6.07) is 2.09. The Kier molecular flexibility index (Phi) is 2.64. The summed E-state index contributed by atoms with van der Waals surface area (Å²) in [5, 5.41) is 12.5. The second-order valence-electron chi connectivity index (χ2n) is 4.11. The van der Waals surface area contributed by atoms with Gasteiger partial charge in [0.15, 0.2) is 0 Å². The standard InChI is InChI=1S/C11H16O2S/c1-8-6-11(12,3-4-13-8)10-5-9(2)14-7-10/h5,7-8,12H,3-4,6H2,1-2H3. The maximum atomic E-state index is 10.5. The van der Waals surface area contributed by atoms with Gasteiger partial charge in [0.05, 0.1) is 18.3 Å². The van der Waals surface area contributed by atoms with Gasteiger partial charge in [-0.1, -0.05) is 0 Å². The van der Waals surface area contributed by atoms with Crippen molar-refractivity contribution in [3.63, 3.8) is 0 Å². The molecule has 2 rings (SSSR count). The number of hydrogen-bond acceptors (Lipinski definition) is 3. The summed E-state index contributed by atoms with van der Waals surface area (Å²) in [5.74, 6) is 0. The Morgan fingerprint density at radius 2 is 2.43 bits per heavy atom. The molecule has 0 amide bonds. The van der Waals surface area contributed by atoms with Gasteiger partial charge in [0.2, 0.25) is 0 Å². The molecule has 0 bridgehead atoms. The van der Waals surface area contributed by atoms with E-state index in [0.717, 1.165) is 5.56 Å². The summed E-state index contributed by atoms with van der Waals surface area (Å²) in [7, 11) is 0. The van der Waals surface area contributed by atoms with Crippen molar-refractivity contribution >= 4 is 11.3 Å². The van der Waals surface area contributed by atoms with Crippen molar-refractivity contribution in [2.45, 2.75) is 38.4 Å². The summed E-state index contributed by atoms with van der Waals surface area (Å²) in [6.45, 7) is 4.75. The molecular formula is C11H16O2S. The third kappa shape index (κ3) is 1.85. The van der Waals surface area contributed by atoms with Gasteiger partial charge < -0.3 is 9.84 Å². The molecule has 2 nitrogen and oxygen atoms in total. The zero-order valence-corrected chi connectivity index (χ0v) is 9.43. The van der Waals surface area contributed by atoms with Gasteiger partial charge in [0, 0.05) is 17.7 Å². The second kappa shape index (κ2) is 3.65. The fourth-order valence-electron chi connectivity index (χ4n) is 2.02. The van der Waals surface area contributed by atoms with Crippen molar-refractivity contribution in [3.05, 3.63) is 21.9 Å². The number of rotatable bonds is 1. The first-order chi connectivity index (χ1) is 6.60. The number of aryl methyl sites for hydroxylation is 1. The van der Waals surface area contributed by atoms with E-state index in [9.17, 15) is 5.11 Å². The van der Waals surface area contributed by atoms with Gasteiger partial charge in [-0.3, -0.25) is 0 Å².